The Balaban J connectivity index is 2.71. The molecule has 0 aliphatic rings. The highest BCUT2D eigenvalue weighted by molar-refractivity contribution is 5.94. The van der Waals surface area contributed by atoms with Crippen LogP contribution >= 0.6 is 0 Å². The third kappa shape index (κ3) is 5.13. The quantitative estimate of drug-likeness (QED) is 0.737. The molecule has 0 radical (unpaired) electrons. The van der Waals surface area contributed by atoms with Gasteiger partial charge in [0.05, 0.1) is 5.56 Å². The maximum Gasteiger partial charge on any atom is 0.335 e. The second kappa shape index (κ2) is 7.88. The third-order valence-corrected chi connectivity index (χ3v) is 2.74. The van der Waals surface area contributed by atoms with E-state index in [4.69, 9.17) is 5.11 Å². The van der Waals surface area contributed by atoms with Crippen LogP contribution in [0.25, 0.3) is 0 Å². The first-order valence-corrected chi connectivity index (χ1v) is 6.63. The molecule has 3 amide bonds. The van der Waals surface area contributed by atoms with Crippen molar-refractivity contribution in [1.29, 1.82) is 0 Å². The number of anilines is 1. The minimum absolute atomic E-state index is 0.0468. The Labute approximate surface area is 122 Å². The molecule has 3 N–H and O–H groups in total. The molecule has 114 valence electrons. The molecule has 1 rings (SSSR count). The zero-order chi connectivity index (χ0) is 15.8. The van der Waals surface area contributed by atoms with Gasteiger partial charge in [-0.25, -0.2) is 9.59 Å². The van der Waals surface area contributed by atoms with Crippen molar-refractivity contribution in [2.75, 3.05) is 25.0 Å². The average Bonchev–Trinajstić information content (AvgIpc) is 2.45. The van der Waals surface area contributed by atoms with Gasteiger partial charge in [-0.2, -0.15) is 0 Å². The maximum atomic E-state index is 12.1. The van der Waals surface area contributed by atoms with Gasteiger partial charge in [0.25, 0.3) is 0 Å². The van der Waals surface area contributed by atoms with Crippen molar-refractivity contribution in [3.63, 3.8) is 0 Å². The predicted molar refractivity (Wildman–Crippen MR) is 78.4 cm³/mol. The summed E-state index contributed by atoms with van der Waals surface area (Å²) in [5.74, 6) is -1.31. The number of carboxylic acid groups (broad SMARTS) is 1. The summed E-state index contributed by atoms with van der Waals surface area (Å²) in [5, 5.41) is 14.1. The lowest BCUT2D eigenvalue weighted by molar-refractivity contribution is -0.121. The fourth-order valence-electron chi connectivity index (χ4n) is 1.69. The Bertz CT molecular complexity index is 531. The number of rotatable bonds is 6. The van der Waals surface area contributed by atoms with E-state index in [0.717, 1.165) is 0 Å². The number of urea groups is 1. The molecule has 0 aliphatic heterocycles. The lowest BCUT2D eigenvalue weighted by atomic mass is 10.2. The second-order valence-electron chi connectivity index (χ2n) is 4.28. The number of nitrogens with one attached hydrogen (secondary N) is 2. The number of aromatic carboxylic acids is 1. The SMILES string of the molecule is CCNC(=O)CN(CC)C(=O)Nc1cccc(C(=O)O)c1. The van der Waals surface area contributed by atoms with Gasteiger partial charge in [0.1, 0.15) is 6.54 Å². The summed E-state index contributed by atoms with van der Waals surface area (Å²) in [4.78, 5) is 35.8. The van der Waals surface area contributed by atoms with E-state index in [2.05, 4.69) is 10.6 Å². The van der Waals surface area contributed by atoms with Crippen LogP contribution in [-0.2, 0) is 4.79 Å². The monoisotopic (exact) mass is 293 g/mol. The second-order valence-corrected chi connectivity index (χ2v) is 4.28. The van der Waals surface area contributed by atoms with Crippen LogP contribution in [0.4, 0.5) is 10.5 Å². The molecule has 0 saturated carbocycles. The normalized spacial score (nSPS) is 9.81. The Hall–Kier alpha value is -2.57. The van der Waals surface area contributed by atoms with Gasteiger partial charge in [-0.3, -0.25) is 4.79 Å². The Kier molecular flexibility index (Phi) is 6.19. The van der Waals surface area contributed by atoms with E-state index in [1.165, 1.54) is 17.0 Å². The molecule has 0 atom stereocenters. The molecule has 0 aromatic heterocycles. The van der Waals surface area contributed by atoms with Crippen molar-refractivity contribution in [3.8, 4) is 0 Å². The maximum absolute atomic E-state index is 12.1. The Morgan fingerprint density at radius 1 is 1.24 bits per heavy atom. The molecule has 0 spiro atoms. The number of nitrogens with zero attached hydrogens (tertiary/aromatic N) is 1. The van der Waals surface area contributed by atoms with Crippen molar-refractivity contribution in [2.45, 2.75) is 13.8 Å². The van der Waals surface area contributed by atoms with E-state index in [1.54, 1.807) is 26.0 Å². The summed E-state index contributed by atoms with van der Waals surface area (Å²) in [7, 11) is 0. The van der Waals surface area contributed by atoms with Crippen LogP contribution in [0, 0.1) is 0 Å². The minimum atomic E-state index is -1.07. The summed E-state index contributed by atoms with van der Waals surface area (Å²) < 4.78 is 0. The number of hydrogen-bond acceptors (Lipinski definition) is 3. The van der Waals surface area contributed by atoms with Gasteiger partial charge in [0.15, 0.2) is 0 Å². The molecule has 0 bridgehead atoms. The number of carbonyl (C=O) groups excluding carboxylic acids is 2. The highest BCUT2D eigenvalue weighted by Crippen LogP contribution is 2.11. The summed E-state index contributed by atoms with van der Waals surface area (Å²) >= 11 is 0. The molecule has 0 saturated heterocycles. The van der Waals surface area contributed by atoms with Crippen LogP contribution in [-0.4, -0.2) is 47.5 Å². The van der Waals surface area contributed by atoms with Gasteiger partial charge in [-0.15, -0.1) is 0 Å². The van der Waals surface area contributed by atoms with Crippen molar-refractivity contribution < 1.29 is 19.5 Å². The number of likely N-dealkylation sites (N-methyl/N-ethyl adjacent to an activating group) is 2. The molecule has 1 aromatic carbocycles. The number of hydrogen-bond donors (Lipinski definition) is 3. The average molecular weight is 293 g/mol. The molecule has 21 heavy (non-hydrogen) atoms. The summed E-state index contributed by atoms with van der Waals surface area (Å²) in [6.07, 6.45) is 0. The molecular weight excluding hydrogens is 274 g/mol. The van der Waals surface area contributed by atoms with Crippen LogP contribution in [0.15, 0.2) is 24.3 Å². The standard InChI is InChI=1S/C14H19N3O4/c1-3-15-12(18)9-17(4-2)14(21)16-11-7-5-6-10(8-11)13(19)20/h5-8H,3-4,9H2,1-2H3,(H,15,18)(H,16,21)(H,19,20). The van der Waals surface area contributed by atoms with Gasteiger partial charge in [0, 0.05) is 18.8 Å². The topological polar surface area (TPSA) is 98.7 Å². The van der Waals surface area contributed by atoms with Crippen molar-refractivity contribution in [2.24, 2.45) is 0 Å². The highest BCUT2D eigenvalue weighted by Gasteiger charge is 2.15. The molecule has 0 aliphatic carbocycles. The number of benzene rings is 1. The molecular formula is C14H19N3O4. The molecule has 7 heteroatoms. The lowest BCUT2D eigenvalue weighted by Gasteiger charge is -2.20. The summed E-state index contributed by atoms with van der Waals surface area (Å²) in [5.41, 5.74) is 0.453. The first-order chi connectivity index (χ1) is 9.97. The van der Waals surface area contributed by atoms with Crippen molar-refractivity contribution in [1.82, 2.24) is 10.2 Å². The predicted octanol–water partition coefficient (Wildman–Crippen LogP) is 1.37. The van der Waals surface area contributed by atoms with E-state index in [-0.39, 0.29) is 18.0 Å². The Morgan fingerprint density at radius 3 is 2.52 bits per heavy atom. The third-order valence-electron chi connectivity index (χ3n) is 2.74. The smallest absolute Gasteiger partial charge is 0.335 e. The number of carbonyl (C=O) groups is 3. The first kappa shape index (κ1) is 16.5. The van der Waals surface area contributed by atoms with Gasteiger partial charge < -0.3 is 20.6 Å². The van der Waals surface area contributed by atoms with Crippen LogP contribution in [0.2, 0.25) is 0 Å². The van der Waals surface area contributed by atoms with Gasteiger partial charge in [-0.05, 0) is 32.0 Å². The molecule has 0 heterocycles. The zero-order valence-electron chi connectivity index (χ0n) is 12.0. The zero-order valence-corrected chi connectivity index (χ0v) is 12.0. The van der Waals surface area contributed by atoms with Gasteiger partial charge in [0.2, 0.25) is 5.91 Å². The van der Waals surface area contributed by atoms with E-state index >= 15 is 0 Å². The Morgan fingerprint density at radius 2 is 1.95 bits per heavy atom. The molecule has 7 nitrogen and oxygen atoms in total. The van der Waals surface area contributed by atoms with E-state index in [9.17, 15) is 14.4 Å². The van der Waals surface area contributed by atoms with E-state index < -0.39 is 12.0 Å². The molecule has 0 fully saturated rings. The first-order valence-electron chi connectivity index (χ1n) is 6.63. The van der Waals surface area contributed by atoms with E-state index in [1.807, 2.05) is 0 Å². The fourth-order valence-corrected chi connectivity index (χ4v) is 1.69. The fraction of sp³-hybridized carbons (Fsp3) is 0.357. The summed E-state index contributed by atoms with van der Waals surface area (Å²) in [6, 6.07) is 5.47. The van der Waals surface area contributed by atoms with Crippen LogP contribution in [0.3, 0.4) is 0 Å². The highest BCUT2D eigenvalue weighted by atomic mass is 16.4. The van der Waals surface area contributed by atoms with Crippen LogP contribution < -0.4 is 10.6 Å². The van der Waals surface area contributed by atoms with Crippen molar-refractivity contribution >= 4 is 23.6 Å². The van der Waals surface area contributed by atoms with Crippen LogP contribution in [0.1, 0.15) is 24.2 Å². The molecule has 0 unspecified atom stereocenters. The number of amides is 3. The van der Waals surface area contributed by atoms with Crippen molar-refractivity contribution in [3.05, 3.63) is 29.8 Å². The van der Waals surface area contributed by atoms with E-state index in [0.29, 0.717) is 18.8 Å². The minimum Gasteiger partial charge on any atom is -0.478 e. The lowest BCUT2D eigenvalue weighted by Crippen LogP contribution is -2.42. The van der Waals surface area contributed by atoms with Gasteiger partial charge in [-0.1, -0.05) is 6.07 Å². The largest absolute Gasteiger partial charge is 0.478 e. The van der Waals surface area contributed by atoms with Gasteiger partial charge >= 0.3 is 12.0 Å². The number of carboxylic acids is 1. The summed E-state index contributed by atoms with van der Waals surface area (Å²) in [6.45, 7) is 4.37. The van der Waals surface area contributed by atoms with Crippen LogP contribution in [0.5, 0.6) is 0 Å². The molecule has 1 aromatic rings.